The third kappa shape index (κ3) is 3.30. The van der Waals surface area contributed by atoms with Gasteiger partial charge in [-0.25, -0.2) is 0 Å². The first-order chi connectivity index (χ1) is 11.4. The number of ketones is 1. The highest BCUT2D eigenvalue weighted by Crippen LogP contribution is 2.25. The molecule has 24 heavy (non-hydrogen) atoms. The van der Waals surface area contributed by atoms with Gasteiger partial charge in [-0.3, -0.25) is 19.2 Å². The Morgan fingerprint density at radius 1 is 0.833 bits per heavy atom. The number of Topliss-reactive ketones (excluding diaryl/α,β-unsaturated/α-hetero) is 1. The fraction of sp³-hybridized carbons (Fsp3) is 0.158. The highest BCUT2D eigenvalue weighted by atomic mass is 16.2. The van der Waals surface area contributed by atoms with E-state index in [-0.39, 0.29) is 17.3 Å². The lowest BCUT2D eigenvalue weighted by atomic mass is 9.95. The van der Waals surface area contributed by atoms with Gasteiger partial charge in [0.2, 0.25) is 0 Å². The normalized spacial score (nSPS) is 10.1. The van der Waals surface area contributed by atoms with E-state index in [1.54, 1.807) is 50.5 Å². The molecule has 0 aliphatic carbocycles. The molecule has 0 aliphatic heterocycles. The predicted octanol–water partition coefficient (Wildman–Crippen LogP) is 2.88. The Hall–Kier alpha value is -3.08. The van der Waals surface area contributed by atoms with Crippen molar-refractivity contribution in [2.24, 2.45) is 0 Å². The van der Waals surface area contributed by atoms with Crippen LogP contribution in [0.3, 0.4) is 0 Å². The molecule has 2 aromatic carbocycles. The first kappa shape index (κ1) is 17.3. The monoisotopic (exact) mass is 323 g/mol. The summed E-state index contributed by atoms with van der Waals surface area (Å²) >= 11 is 0. The van der Waals surface area contributed by atoms with Gasteiger partial charge in [0, 0.05) is 30.8 Å². The van der Waals surface area contributed by atoms with E-state index in [2.05, 4.69) is 0 Å². The molecule has 5 nitrogen and oxygen atoms in total. The zero-order valence-electron chi connectivity index (χ0n) is 13.7. The topological polar surface area (TPSA) is 71.5 Å². The van der Waals surface area contributed by atoms with Gasteiger partial charge in [-0.15, -0.1) is 0 Å². The second-order valence-corrected chi connectivity index (χ2v) is 5.60. The maximum atomic E-state index is 12.2. The Labute approximate surface area is 139 Å². The van der Waals surface area contributed by atoms with Crippen molar-refractivity contribution in [1.82, 2.24) is 4.90 Å². The molecule has 0 atom stereocenters. The molecule has 0 unspecified atom stereocenters. The number of carbonyl (C=O) groups is 4. The summed E-state index contributed by atoms with van der Waals surface area (Å²) in [6.45, 7) is 1.39. The minimum absolute atomic E-state index is 0.215. The van der Waals surface area contributed by atoms with E-state index in [0.29, 0.717) is 40.4 Å². The summed E-state index contributed by atoms with van der Waals surface area (Å²) in [5.74, 6) is -0.497. The van der Waals surface area contributed by atoms with Gasteiger partial charge in [-0.2, -0.15) is 0 Å². The molecule has 0 saturated heterocycles. The molecule has 0 fully saturated rings. The van der Waals surface area contributed by atoms with Crippen molar-refractivity contribution in [3.8, 4) is 11.1 Å². The number of amides is 1. The van der Waals surface area contributed by atoms with Crippen molar-refractivity contribution in [3.05, 3.63) is 58.7 Å². The molecule has 0 N–H and O–H groups in total. The number of hydrogen-bond donors (Lipinski definition) is 0. The van der Waals surface area contributed by atoms with Crippen LogP contribution in [0.4, 0.5) is 0 Å². The van der Waals surface area contributed by atoms with Crippen LogP contribution in [-0.4, -0.2) is 43.3 Å². The third-order valence-electron chi connectivity index (χ3n) is 3.71. The van der Waals surface area contributed by atoms with E-state index >= 15 is 0 Å². The van der Waals surface area contributed by atoms with Crippen LogP contribution in [0, 0.1) is 0 Å². The highest BCUT2D eigenvalue weighted by Gasteiger charge is 2.15. The van der Waals surface area contributed by atoms with E-state index in [1.165, 1.54) is 11.8 Å². The van der Waals surface area contributed by atoms with Gasteiger partial charge in [0.1, 0.15) is 0 Å². The summed E-state index contributed by atoms with van der Waals surface area (Å²) in [6.07, 6.45) is 1.27. The summed E-state index contributed by atoms with van der Waals surface area (Å²) < 4.78 is 0. The average Bonchev–Trinajstić information content (AvgIpc) is 2.59. The Morgan fingerprint density at radius 3 is 1.71 bits per heavy atom. The first-order valence-corrected chi connectivity index (χ1v) is 7.30. The number of aldehydes is 2. The van der Waals surface area contributed by atoms with Crippen molar-refractivity contribution < 1.29 is 19.2 Å². The maximum absolute atomic E-state index is 12.2. The molecule has 2 rings (SSSR count). The molecule has 0 aliphatic rings. The van der Waals surface area contributed by atoms with E-state index < -0.39 is 0 Å². The molecule has 5 heteroatoms. The second-order valence-electron chi connectivity index (χ2n) is 5.60. The smallest absolute Gasteiger partial charge is 0.254 e. The molecule has 0 saturated carbocycles. The Morgan fingerprint density at radius 2 is 1.29 bits per heavy atom. The number of nitrogens with zero attached hydrogens (tertiary/aromatic N) is 1. The highest BCUT2D eigenvalue weighted by molar-refractivity contribution is 6.04. The minimum atomic E-state index is -0.282. The molecular weight excluding hydrogens is 306 g/mol. The van der Waals surface area contributed by atoms with Crippen molar-refractivity contribution >= 4 is 24.3 Å². The largest absolute Gasteiger partial charge is 0.345 e. The fourth-order valence-electron chi connectivity index (χ4n) is 2.41. The number of rotatable bonds is 5. The predicted molar refractivity (Wildman–Crippen MR) is 90.7 cm³/mol. The SMILES string of the molecule is CC(=O)c1cc(-c2ccc(C=O)c(C(=O)N(C)C)c2)ccc1C=O. The summed E-state index contributed by atoms with van der Waals surface area (Å²) in [7, 11) is 3.21. The van der Waals surface area contributed by atoms with E-state index in [9.17, 15) is 19.2 Å². The molecule has 0 bridgehead atoms. The number of hydrogen-bond acceptors (Lipinski definition) is 4. The third-order valence-corrected chi connectivity index (χ3v) is 3.71. The molecule has 1 amide bonds. The van der Waals surface area contributed by atoms with Crippen molar-refractivity contribution in [2.75, 3.05) is 14.1 Å². The quantitative estimate of drug-likeness (QED) is 0.626. The summed E-state index contributed by atoms with van der Waals surface area (Å²) in [5, 5.41) is 0. The van der Waals surface area contributed by atoms with E-state index in [4.69, 9.17) is 0 Å². The van der Waals surface area contributed by atoms with Crippen LogP contribution in [0.5, 0.6) is 0 Å². The van der Waals surface area contributed by atoms with Crippen LogP contribution < -0.4 is 0 Å². The molecular formula is C19H17NO4. The number of carbonyl (C=O) groups excluding carboxylic acids is 4. The minimum Gasteiger partial charge on any atom is -0.345 e. The van der Waals surface area contributed by atoms with Gasteiger partial charge in [-0.1, -0.05) is 24.3 Å². The molecule has 122 valence electrons. The van der Waals surface area contributed by atoms with Crippen molar-refractivity contribution in [3.63, 3.8) is 0 Å². The Bertz CT molecular complexity index is 837. The zero-order chi connectivity index (χ0) is 17.9. The van der Waals surface area contributed by atoms with Gasteiger partial charge < -0.3 is 4.90 Å². The van der Waals surface area contributed by atoms with Crippen LogP contribution in [0.1, 0.15) is 48.4 Å². The van der Waals surface area contributed by atoms with Gasteiger partial charge >= 0.3 is 0 Å². The molecule has 0 aromatic heterocycles. The average molecular weight is 323 g/mol. The lowest BCUT2D eigenvalue weighted by Gasteiger charge is -2.14. The van der Waals surface area contributed by atoms with Crippen LogP contribution >= 0.6 is 0 Å². The van der Waals surface area contributed by atoms with Gasteiger partial charge in [0.15, 0.2) is 18.4 Å². The Kier molecular flexibility index (Phi) is 5.04. The van der Waals surface area contributed by atoms with Crippen LogP contribution in [0.25, 0.3) is 11.1 Å². The van der Waals surface area contributed by atoms with Crippen LogP contribution in [0.2, 0.25) is 0 Å². The fourth-order valence-corrected chi connectivity index (χ4v) is 2.41. The summed E-state index contributed by atoms with van der Waals surface area (Å²) in [4.78, 5) is 47.6. The number of benzene rings is 2. The second kappa shape index (κ2) is 7.00. The van der Waals surface area contributed by atoms with Gasteiger partial charge in [-0.05, 0) is 30.2 Å². The van der Waals surface area contributed by atoms with Gasteiger partial charge in [0.25, 0.3) is 5.91 Å². The van der Waals surface area contributed by atoms with Crippen LogP contribution in [-0.2, 0) is 0 Å². The molecule has 0 spiro atoms. The zero-order valence-corrected chi connectivity index (χ0v) is 13.7. The van der Waals surface area contributed by atoms with E-state index in [0.717, 1.165) is 0 Å². The molecule has 0 radical (unpaired) electrons. The summed E-state index contributed by atoms with van der Waals surface area (Å²) in [5.41, 5.74) is 2.61. The maximum Gasteiger partial charge on any atom is 0.254 e. The van der Waals surface area contributed by atoms with E-state index in [1.807, 2.05) is 0 Å². The Balaban J connectivity index is 2.61. The van der Waals surface area contributed by atoms with Crippen molar-refractivity contribution in [2.45, 2.75) is 6.92 Å². The van der Waals surface area contributed by atoms with Gasteiger partial charge in [0.05, 0.1) is 5.56 Å². The standard InChI is InChI=1S/C19H17NO4/c1-12(23)17-8-13(4-6-15(17)10-21)14-5-7-16(11-22)18(9-14)19(24)20(2)3/h4-11H,1-3H3. The van der Waals surface area contributed by atoms with Crippen LogP contribution in [0.15, 0.2) is 36.4 Å². The lowest BCUT2D eigenvalue weighted by molar-refractivity contribution is 0.0824. The summed E-state index contributed by atoms with van der Waals surface area (Å²) in [6, 6.07) is 9.78. The lowest BCUT2D eigenvalue weighted by Crippen LogP contribution is -2.23. The van der Waals surface area contributed by atoms with Crippen molar-refractivity contribution in [1.29, 1.82) is 0 Å². The molecule has 2 aromatic rings. The molecule has 0 heterocycles. The first-order valence-electron chi connectivity index (χ1n) is 7.30.